The number of aromatic nitrogens is 2. The second-order valence-electron chi connectivity index (χ2n) is 8.84. The van der Waals surface area contributed by atoms with Crippen LogP contribution in [-0.4, -0.2) is 64.3 Å². The van der Waals surface area contributed by atoms with Gasteiger partial charge >= 0.3 is 0 Å². The van der Waals surface area contributed by atoms with Crippen molar-refractivity contribution in [3.05, 3.63) is 53.1 Å². The van der Waals surface area contributed by atoms with E-state index in [4.69, 9.17) is 0 Å². The average Bonchev–Trinajstić information content (AvgIpc) is 3.17. The van der Waals surface area contributed by atoms with Gasteiger partial charge in [0.05, 0.1) is 23.3 Å². The highest BCUT2D eigenvalue weighted by atomic mass is 19.1. The lowest BCUT2D eigenvalue weighted by atomic mass is 9.96. The Morgan fingerprint density at radius 2 is 1.97 bits per heavy atom. The van der Waals surface area contributed by atoms with Crippen LogP contribution in [-0.2, 0) is 11.3 Å². The number of nitrogens with zero attached hydrogens (tertiary/aromatic N) is 5. The number of carbonyl (C=O) groups is 2. The first-order valence-electron chi connectivity index (χ1n) is 11.2. The molecule has 2 aromatic rings. The number of halogens is 1. The first kappa shape index (κ1) is 22.2. The van der Waals surface area contributed by atoms with Crippen LogP contribution in [0.4, 0.5) is 10.3 Å². The van der Waals surface area contributed by atoms with Crippen molar-refractivity contribution in [2.45, 2.75) is 57.7 Å². The minimum absolute atomic E-state index is 0.0344. The van der Waals surface area contributed by atoms with E-state index in [9.17, 15) is 14.0 Å². The third-order valence-electron chi connectivity index (χ3n) is 6.53. The Bertz CT molecular complexity index is 1010. The molecular weight excluding hydrogens is 409 g/mol. The van der Waals surface area contributed by atoms with Crippen LogP contribution >= 0.6 is 0 Å². The molecule has 170 valence electrons. The molecule has 0 aliphatic carbocycles. The van der Waals surface area contributed by atoms with Crippen molar-refractivity contribution in [1.82, 2.24) is 19.8 Å². The molecule has 2 saturated heterocycles. The lowest BCUT2D eigenvalue weighted by molar-refractivity contribution is -0.135. The van der Waals surface area contributed by atoms with Crippen molar-refractivity contribution < 1.29 is 14.0 Å². The molecular formula is C24H30FN5O2. The molecule has 0 saturated carbocycles. The smallest absolute Gasteiger partial charge is 0.257 e. The van der Waals surface area contributed by atoms with Crippen molar-refractivity contribution >= 4 is 17.8 Å². The molecule has 2 amide bonds. The Kier molecular flexibility index (Phi) is 6.39. The van der Waals surface area contributed by atoms with E-state index in [1.165, 1.54) is 6.07 Å². The molecule has 7 nitrogen and oxygen atoms in total. The molecule has 1 aromatic heterocycles. The Morgan fingerprint density at radius 3 is 2.69 bits per heavy atom. The van der Waals surface area contributed by atoms with Crippen LogP contribution in [0.1, 0.15) is 53.7 Å². The Labute approximate surface area is 188 Å². The monoisotopic (exact) mass is 439 g/mol. The van der Waals surface area contributed by atoms with Gasteiger partial charge in [-0.25, -0.2) is 14.4 Å². The molecule has 32 heavy (non-hydrogen) atoms. The van der Waals surface area contributed by atoms with Crippen molar-refractivity contribution in [2.75, 3.05) is 25.5 Å². The SMILES string of the molecule is Cc1nc(N(C)C)ncc1C(=O)N1CC[C@H]2[C@H]1CCCCC(=O)N2Cc1ccccc1F. The van der Waals surface area contributed by atoms with E-state index in [2.05, 4.69) is 9.97 Å². The van der Waals surface area contributed by atoms with E-state index < -0.39 is 0 Å². The number of aryl methyl sites for hydroxylation is 1. The number of hydrogen-bond donors (Lipinski definition) is 0. The lowest BCUT2D eigenvalue weighted by Gasteiger charge is -2.37. The molecule has 1 aromatic carbocycles. The fraction of sp³-hybridized carbons (Fsp3) is 0.500. The molecule has 0 spiro atoms. The summed E-state index contributed by atoms with van der Waals surface area (Å²) in [4.78, 5) is 40.7. The predicted molar refractivity (Wildman–Crippen MR) is 120 cm³/mol. The van der Waals surface area contributed by atoms with Crippen LogP contribution in [0.5, 0.6) is 0 Å². The predicted octanol–water partition coefficient (Wildman–Crippen LogP) is 3.18. The normalized spacial score (nSPS) is 21.2. The molecule has 0 N–H and O–H groups in total. The molecule has 2 aliphatic heterocycles. The molecule has 2 atom stereocenters. The summed E-state index contributed by atoms with van der Waals surface area (Å²) in [5.41, 5.74) is 1.64. The number of amides is 2. The minimum atomic E-state index is -0.307. The zero-order chi connectivity index (χ0) is 22.8. The minimum Gasteiger partial charge on any atom is -0.347 e. The van der Waals surface area contributed by atoms with Crippen molar-refractivity contribution in [3.63, 3.8) is 0 Å². The molecule has 2 aliphatic rings. The van der Waals surface area contributed by atoms with Crippen LogP contribution in [0.25, 0.3) is 0 Å². The first-order chi connectivity index (χ1) is 15.4. The topological polar surface area (TPSA) is 69.6 Å². The Balaban J connectivity index is 1.60. The van der Waals surface area contributed by atoms with Gasteiger partial charge in [0.2, 0.25) is 11.9 Å². The van der Waals surface area contributed by atoms with Gasteiger partial charge in [-0.05, 0) is 32.3 Å². The maximum atomic E-state index is 14.3. The van der Waals surface area contributed by atoms with E-state index in [1.807, 2.05) is 25.9 Å². The van der Waals surface area contributed by atoms with Crippen molar-refractivity contribution in [3.8, 4) is 0 Å². The summed E-state index contributed by atoms with van der Waals surface area (Å²) < 4.78 is 14.3. The Hall–Kier alpha value is -3.03. The average molecular weight is 440 g/mol. The summed E-state index contributed by atoms with van der Waals surface area (Å²) in [7, 11) is 3.72. The first-order valence-corrected chi connectivity index (χ1v) is 11.2. The number of likely N-dealkylation sites (tertiary alicyclic amines) is 2. The van der Waals surface area contributed by atoms with E-state index in [0.29, 0.717) is 42.2 Å². The quantitative estimate of drug-likeness (QED) is 0.732. The van der Waals surface area contributed by atoms with Crippen LogP contribution < -0.4 is 4.90 Å². The van der Waals surface area contributed by atoms with E-state index in [-0.39, 0.29) is 36.3 Å². The zero-order valence-corrected chi connectivity index (χ0v) is 18.9. The molecule has 0 unspecified atom stereocenters. The number of hydrogen-bond acceptors (Lipinski definition) is 5. The third-order valence-corrected chi connectivity index (χ3v) is 6.53. The van der Waals surface area contributed by atoms with Crippen LogP contribution in [0.2, 0.25) is 0 Å². The number of rotatable bonds is 4. The van der Waals surface area contributed by atoms with E-state index >= 15 is 0 Å². The molecule has 3 heterocycles. The van der Waals surface area contributed by atoms with Gasteiger partial charge < -0.3 is 14.7 Å². The highest BCUT2D eigenvalue weighted by Gasteiger charge is 2.43. The molecule has 8 heteroatoms. The maximum absolute atomic E-state index is 14.3. The number of fused-ring (bicyclic) bond motifs is 1. The summed E-state index contributed by atoms with van der Waals surface area (Å²) in [6.07, 6.45) is 5.24. The fourth-order valence-corrected chi connectivity index (χ4v) is 4.81. The molecule has 0 bridgehead atoms. The highest BCUT2D eigenvalue weighted by Crippen LogP contribution is 2.32. The number of carbonyl (C=O) groups excluding carboxylic acids is 2. The van der Waals surface area contributed by atoms with Crippen LogP contribution in [0.15, 0.2) is 30.5 Å². The van der Waals surface area contributed by atoms with Gasteiger partial charge in [-0.2, -0.15) is 0 Å². The van der Waals surface area contributed by atoms with E-state index in [0.717, 1.165) is 19.3 Å². The molecule has 2 fully saturated rings. The van der Waals surface area contributed by atoms with Gasteiger partial charge in [0.25, 0.3) is 5.91 Å². The molecule has 0 radical (unpaired) electrons. The standard InChI is InChI=1S/C24H30FN5O2/c1-16-18(14-26-24(27-16)28(2)3)23(32)29-13-12-21-20(29)10-6-7-11-22(31)30(21)15-17-8-4-5-9-19(17)25/h4-5,8-9,14,20-21H,6-7,10-13,15H2,1-3H3/t20-,21+/m1/s1. The maximum Gasteiger partial charge on any atom is 0.257 e. The lowest BCUT2D eigenvalue weighted by Crippen LogP contribution is -2.50. The largest absolute Gasteiger partial charge is 0.347 e. The summed E-state index contributed by atoms with van der Waals surface area (Å²) in [5.74, 6) is 0.191. The number of anilines is 1. The van der Waals surface area contributed by atoms with Gasteiger partial charge in [0.15, 0.2) is 0 Å². The third kappa shape index (κ3) is 4.31. The molecule has 4 rings (SSSR count). The highest BCUT2D eigenvalue weighted by molar-refractivity contribution is 5.95. The van der Waals surface area contributed by atoms with Crippen LogP contribution in [0.3, 0.4) is 0 Å². The summed E-state index contributed by atoms with van der Waals surface area (Å²) in [6.45, 7) is 2.61. The van der Waals surface area contributed by atoms with Gasteiger partial charge in [0.1, 0.15) is 5.82 Å². The fourth-order valence-electron chi connectivity index (χ4n) is 4.81. The van der Waals surface area contributed by atoms with Gasteiger partial charge in [-0.3, -0.25) is 9.59 Å². The van der Waals surface area contributed by atoms with Crippen molar-refractivity contribution in [2.24, 2.45) is 0 Å². The van der Waals surface area contributed by atoms with Gasteiger partial charge in [0, 0.05) is 45.4 Å². The summed E-state index contributed by atoms with van der Waals surface area (Å²) in [5, 5.41) is 0. The second-order valence-corrected chi connectivity index (χ2v) is 8.84. The summed E-state index contributed by atoms with van der Waals surface area (Å²) >= 11 is 0. The van der Waals surface area contributed by atoms with Crippen LogP contribution in [0, 0.1) is 12.7 Å². The summed E-state index contributed by atoms with van der Waals surface area (Å²) in [6, 6.07) is 6.38. The van der Waals surface area contributed by atoms with Gasteiger partial charge in [-0.1, -0.05) is 24.6 Å². The second kappa shape index (κ2) is 9.22. The Morgan fingerprint density at radius 1 is 1.19 bits per heavy atom. The van der Waals surface area contributed by atoms with Gasteiger partial charge in [-0.15, -0.1) is 0 Å². The van der Waals surface area contributed by atoms with E-state index in [1.54, 1.807) is 34.2 Å². The van der Waals surface area contributed by atoms with Crippen molar-refractivity contribution in [1.29, 1.82) is 0 Å². The number of benzene rings is 1. The zero-order valence-electron chi connectivity index (χ0n) is 18.9.